The quantitative estimate of drug-likeness (QED) is 0.295. The van der Waals surface area contributed by atoms with Crippen LogP contribution in [0.4, 0.5) is 0 Å². The number of amides is 1. The number of carbonyl (C=O) groups excluding carboxylic acids is 6. The Morgan fingerprint density at radius 3 is 2.30 bits per heavy atom. The van der Waals surface area contributed by atoms with E-state index in [1.165, 1.54) is 37.3 Å². The molecule has 1 aromatic heterocycles. The molecule has 0 radical (unpaired) electrons. The van der Waals surface area contributed by atoms with E-state index in [0.29, 0.717) is 16.0 Å². The van der Waals surface area contributed by atoms with E-state index in [2.05, 4.69) is 0 Å². The Bertz CT molecular complexity index is 1530. The molecule has 5 rings (SSSR count). The number of phenolic OH excluding ortho intramolecular Hbond substituents is 1. The average molecular weight is 569 g/mol. The topological polar surface area (TPSA) is 192 Å². The number of benzene rings is 1. The number of Topliss-reactive ketones (excluding diaryl/α,β-unsaturated/α-hetero) is 5. The van der Waals surface area contributed by atoms with Crippen molar-refractivity contribution in [3.05, 3.63) is 40.3 Å². The summed E-state index contributed by atoms with van der Waals surface area (Å²) in [5, 5.41) is 36.3. The van der Waals surface area contributed by atoms with Crippen LogP contribution >= 0.6 is 11.3 Å². The van der Waals surface area contributed by atoms with Crippen molar-refractivity contribution in [2.75, 3.05) is 14.1 Å². The summed E-state index contributed by atoms with van der Waals surface area (Å²) in [6, 6.07) is 3.29. The number of hydrogen-bond acceptors (Lipinski definition) is 11. The number of nitrogens with two attached hydrogens (primary N) is 1. The summed E-state index contributed by atoms with van der Waals surface area (Å²) in [6.07, 6.45) is -1.70. The van der Waals surface area contributed by atoms with Gasteiger partial charge in [-0.15, -0.1) is 11.3 Å². The smallest absolute Gasteiger partial charge is 0.235 e. The van der Waals surface area contributed by atoms with E-state index in [4.69, 9.17) is 5.73 Å². The van der Waals surface area contributed by atoms with Crippen LogP contribution in [0.15, 0.2) is 23.6 Å². The van der Waals surface area contributed by atoms with Crippen LogP contribution in [0.1, 0.15) is 46.0 Å². The van der Waals surface area contributed by atoms with Gasteiger partial charge in [0.25, 0.3) is 0 Å². The number of ketones is 5. The van der Waals surface area contributed by atoms with Crippen LogP contribution in [0.5, 0.6) is 5.75 Å². The van der Waals surface area contributed by atoms with Crippen LogP contribution in [-0.4, -0.2) is 86.9 Å². The van der Waals surface area contributed by atoms with E-state index in [1.807, 2.05) is 0 Å². The number of nitrogens with zero attached hydrogens (tertiary/aromatic N) is 1. The van der Waals surface area contributed by atoms with Crippen molar-refractivity contribution in [3.8, 4) is 16.2 Å². The summed E-state index contributed by atoms with van der Waals surface area (Å²) >= 11 is 1.18. The molecule has 0 aliphatic heterocycles. The van der Waals surface area contributed by atoms with Gasteiger partial charge in [-0.05, 0) is 50.0 Å². The molecule has 3 aliphatic rings. The van der Waals surface area contributed by atoms with Crippen molar-refractivity contribution in [2.45, 2.75) is 37.5 Å². The van der Waals surface area contributed by atoms with E-state index >= 15 is 0 Å². The summed E-state index contributed by atoms with van der Waals surface area (Å²) < 4.78 is 0. The van der Waals surface area contributed by atoms with Gasteiger partial charge in [0, 0.05) is 21.9 Å². The van der Waals surface area contributed by atoms with Gasteiger partial charge in [-0.25, -0.2) is 0 Å². The van der Waals surface area contributed by atoms with Gasteiger partial charge >= 0.3 is 0 Å². The average Bonchev–Trinajstić information content (AvgIpc) is 3.36. The lowest BCUT2D eigenvalue weighted by atomic mass is 9.49. The highest BCUT2D eigenvalue weighted by Gasteiger charge is 2.72. The van der Waals surface area contributed by atoms with Crippen molar-refractivity contribution < 1.29 is 44.1 Å². The third-order valence-corrected chi connectivity index (χ3v) is 9.73. The van der Waals surface area contributed by atoms with Crippen LogP contribution in [0, 0.1) is 23.7 Å². The molecule has 8 unspecified atom stereocenters. The lowest BCUT2D eigenvalue weighted by molar-refractivity contribution is -0.196. The van der Waals surface area contributed by atoms with E-state index in [1.54, 1.807) is 30.5 Å². The molecular weight excluding hydrogens is 540 g/mol. The number of fused-ring (bicyclic) bond motifs is 3. The second-order valence-corrected chi connectivity index (χ2v) is 11.9. The van der Waals surface area contributed by atoms with Crippen molar-refractivity contribution in [1.82, 2.24) is 4.90 Å². The number of primary amides is 1. The van der Waals surface area contributed by atoms with E-state index < -0.39 is 82.1 Å². The summed E-state index contributed by atoms with van der Waals surface area (Å²) in [6.45, 7) is 3.00. The monoisotopic (exact) mass is 568 g/mol. The number of aliphatic hydroxyl groups is 2. The Labute approximate surface area is 232 Å². The van der Waals surface area contributed by atoms with Gasteiger partial charge in [-0.3, -0.25) is 33.7 Å². The summed E-state index contributed by atoms with van der Waals surface area (Å²) in [5.41, 5.74) is 2.91. The molecule has 8 atom stereocenters. The molecule has 2 fully saturated rings. The molecule has 2 aromatic rings. The minimum Gasteiger partial charge on any atom is -0.506 e. The second kappa shape index (κ2) is 9.23. The third kappa shape index (κ3) is 3.46. The molecule has 2 saturated carbocycles. The van der Waals surface area contributed by atoms with Crippen molar-refractivity contribution >= 4 is 46.2 Å². The Morgan fingerprint density at radius 2 is 1.73 bits per heavy atom. The van der Waals surface area contributed by atoms with Gasteiger partial charge in [-0.2, -0.15) is 0 Å². The number of aromatic hydroxyl groups is 1. The zero-order valence-electron chi connectivity index (χ0n) is 22.1. The first-order valence-corrected chi connectivity index (χ1v) is 13.5. The lowest BCUT2D eigenvalue weighted by Gasteiger charge is -2.56. The molecule has 0 bridgehead atoms. The number of rotatable bonds is 4. The van der Waals surface area contributed by atoms with Crippen LogP contribution in [0.25, 0.3) is 10.4 Å². The fraction of sp³-hybridized carbons (Fsp3) is 0.429. The first-order chi connectivity index (χ1) is 18.7. The number of thiophene rings is 1. The molecule has 0 saturated heterocycles. The van der Waals surface area contributed by atoms with Crippen molar-refractivity contribution in [2.24, 2.45) is 29.4 Å². The van der Waals surface area contributed by atoms with Crippen molar-refractivity contribution in [3.63, 3.8) is 0 Å². The molecule has 1 aromatic carbocycles. The first-order valence-electron chi connectivity index (χ1n) is 12.6. The van der Waals surface area contributed by atoms with Gasteiger partial charge in [-0.1, -0.05) is 13.0 Å². The molecule has 1 amide bonds. The number of likely N-dealkylation sites (N-methyl/N-ethyl adjacent to an activating group) is 1. The first kappa shape index (κ1) is 28.0. The molecule has 0 spiro atoms. The third-order valence-electron chi connectivity index (χ3n) is 8.78. The van der Waals surface area contributed by atoms with E-state index in [-0.39, 0.29) is 16.9 Å². The van der Waals surface area contributed by atoms with Crippen LogP contribution in [0.2, 0.25) is 0 Å². The van der Waals surface area contributed by atoms with E-state index in [0.717, 1.165) is 0 Å². The van der Waals surface area contributed by atoms with Crippen molar-refractivity contribution in [1.29, 1.82) is 0 Å². The van der Waals surface area contributed by atoms with Crippen LogP contribution in [0.3, 0.4) is 0 Å². The highest BCUT2D eigenvalue weighted by Crippen LogP contribution is 2.55. The maximum atomic E-state index is 14.0. The predicted octanol–water partition coefficient (Wildman–Crippen LogP) is 0.330. The molecule has 210 valence electrons. The van der Waals surface area contributed by atoms with Crippen LogP contribution in [-0.2, 0) is 19.2 Å². The van der Waals surface area contributed by atoms with Gasteiger partial charge in [0.1, 0.15) is 5.75 Å². The Morgan fingerprint density at radius 1 is 1.07 bits per heavy atom. The minimum absolute atomic E-state index is 0.194. The maximum absolute atomic E-state index is 14.0. The number of carbonyl (C=O) groups is 6. The Balaban J connectivity index is 1.71. The maximum Gasteiger partial charge on any atom is 0.235 e. The number of hydrogen-bond donors (Lipinski definition) is 4. The molecule has 12 heteroatoms. The normalized spacial score (nSPS) is 33.4. The largest absolute Gasteiger partial charge is 0.506 e. The van der Waals surface area contributed by atoms with Crippen LogP contribution < -0.4 is 5.73 Å². The summed E-state index contributed by atoms with van der Waals surface area (Å²) in [4.78, 5) is 80.7. The molecule has 5 N–H and O–H groups in total. The zero-order chi connectivity index (χ0) is 29.6. The second-order valence-electron chi connectivity index (χ2n) is 11.0. The highest BCUT2D eigenvalue weighted by atomic mass is 32.1. The van der Waals surface area contributed by atoms with Gasteiger partial charge in [0.05, 0.1) is 29.5 Å². The van der Waals surface area contributed by atoms with Gasteiger partial charge < -0.3 is 21.1 Å². The van der Waals surface area contributed by atoms with Gasteiger partial charge in [0.15, 0.2) is 40.4 Å². The van der Waals surface area contributed by atoms with E-state index in [9.17, 15) is 44.1 Å². The predicted molar refractivity (Wildman–Crippen MR) is 141 cm³/mol. The standard InChI is InChI=1S/C28H28N2O9S/c1-9-11-5-6-13(24-12(10(2)31)7-8-40-24)20(32)15(11)21(33)16-14(9)22(34)18-19(30(3)4)23(35)17(27(29)38)26(37)28(18,39)25(16)36/h5-9,14,16-19,22,32,34,39H,1-4H3,(H2,29,38). The minimum atomic E-state index is -3.06. The lowest BCUT2D eigenvalue weighted by Crippen LogP contribution is -2.77. The van der Waals surface area contributed by atoms with Gasteiger partial charge in [0.2, 0.25) is 5.91 Å². The Hall–Kier alpha value is -3.58. The molecule has 1 heterocycles. The molecule has 40 heavy (non-hydrogen) atoms. The molecular formula is C28H28N2O9S. The number of aliphatic hydroxyl groups excluding tert-OH is 1. The fourth-order valence-electron chi connectivity index (χ4n) is 6.97. The number of phenols is 1. The molecule has 3 aliphatic carbocycles. The summed E-state index contributed by atoms with van der Waals surface area (Å²) in [7, 11) is 2.87. The SMILES string of the molecule is CC(=O)c1ccsc1-c1ccc2c(c1O)C(=O)C1C(=O)C3(O)C(=O)C(C(N)=O)C(=O)C(N(C)C)C3C(O)C1C2C. The Kier molecular flexibility index (Phi) is 6.45. The molecule has 11 nitrogen and oxygen atoms in total. The summed E-state index contributed by atoms with van der Waals surface area (Å²) in [5.74, 6) is -14.1. The zero-order valence-corrected chi connectivity index (χ0v) is 22.9. The highest BCUT2D eigenvalue weighted by molar-refractivity contribution is 7.14. The fourth-order valence-corrected chi connectivity index (χ4v) is 7.94.